The van der Waals surface area contributed by atoms with Crippen molar-refractivity contribution in [1.82, 2.24) is 0 Å². The first kappa shape index (κ1) is 15.2. The average Bonchev–Trinajstić information content (AvgIpc) is 2.23. The maximum Gasteiger partial charge on any atom is 0.510 e. The molecule has 0 unspecified atom stereocenters. The molecule has 6 heteroatoms. The van der Waals surface area contributed by atoms with Crippen LogP contribution < -0.4 is 0 Å². The molecule has 96 valence electrons. The van der Waals surface area contributed by atoms with Gasteiger partial charge in [-0.2, -0.15) is 0 Å². The van der Waals surface area contributed by atoms with Gasteiger partial charge in [0.25, 0.3) is 0 Å². The molecule has 0 amide bonds. The van der Waals surface area contributed by atoms with Gasteiger partial charge < -0.3 is 24.1 Å². The number of ether oxygens (including phenoxy) is 4. The number of hydrogen-bond acceptors (Lipinski definition) is 6. The van der Waals surface area contributed by atoms with Gasteiger partial charge >= 0.3 is 6.16 Å². The Hall–Kier alpha value is -0.850. The zero-order valence-electron chi connectivity index (χ0n) is 10.0. The second kappa shape index (κ2) is 8.32. The largest absolute Gasteiger partial charge is 0.510 e. The van der Waals surface area contributed by atoms with E-state index < -0.39 is 11.8 Å². The molecule has 0 rings (SSSR count). The van der Waals surface area contributed by atoms with Crippen LogP contribution in [0.4, 0.5) is 4.79 Å². The quantitative estimate of drug-likeness (QED) is 0.499. The predicted molar refractivity (Wildman–Crippen MR) is 56.0 cm³/mol. The summed E-state index contributed by atoms with van der Waals surface area (Å²) in [5.41, 5.74) is -0.440. The molecular weight excluding hydrogens is 216 g/mol. The van der Waals surface area contributed by atoms with Gasteiger partial charge in [-0.25, -0.2) is 4.79 Å². The van der Waals surface area contributed by atoms with E-state index >= 15 is 0 Å². The normalized spacial score (nSPS) is 11.2. The Morgan fingerprint density at radius 3 is 2.50 bits per heavy atom. The topological polar surface area (TPSA) is 74.2 Å². The summed E-state index contributed by atoms with van der Waals surface area (Å²) in [4.78, 5) is 10.9. The van der Waals surface area contributed by atoms with Crippen LogP contribution in [0.1, 0.15) is 20.3 Å². The van der Waals surface area contributed by atoms with E-state index in [2.05, 4.69) is 9.47 Å². The molecule has 1 N–H and O–H groups in total. The maximum absolute atomic E-state index is 10.9. The number of methoxy groups -OCH3 is 1. The highest BCUT2D eigenvalue weighted by Gasteiger charge is 2.18. The van der Waals surface area contributed by atoms with Crippen LogP contribution in [-0.4, -0.2) is 50.6 Å². The molecule has 0 aromatic rings. The molecule has 0 aromatic heterocycles. The smallest absolute Gasteiger partial charge is 0.434 e. The molecule has 0 spiro atoms. The lowest BCUT2D eigenvalue weighted by molar-refractivity contribution is -0.0587. The van der Waals surface area contributed by atoms with Crippen molar-refractivity contribution < 1.29 is 28.8 Å². The standard InChI is InChI=1S/C10H20O6/c1-10(2,16-7-5-11)4-6-14-9(12)15-8-13-3/h11H,4-8H2,1-3H3. The summed E-state index contributed by atoms with van der Waals surface area (Å²) in [6.45, 7) is 4.02. The molecule has 0 aliphatic rings. The fourth-order valence-electron chi connectivity index (χ4n) is 0.923. The summed E-state index contributed by atoms with van der Waals surface area (Å²) in [5.74, 6) is 0. The van der Waals surface area contributed by atoms with Crippen LogP contribution in [-0.2, 0) is 18.9 Å². The molecule has 0 saturated carbocycles. The minimum Gasteiger partial charge on any atom is -0.434 e. The molecule has 0 aliphatic heterocycles. The van der Waals surface area contributed by atoms with Crippen LogP contribution in [0.2, 0.25) is 0 Å². The van der Waals surface area contributed by atoms with Crippen molar-refractivity contribution in [1.29, 1.82) is 0 Å². The second-order valence-electron chi connectivity index (χ2n) is 3.73. The van der Waals surface area contributed by atoms with Crippen molar-refractivity contribution in [3.63, 3.8) is 0 Å². The first-order valence-electron chi connectivity index (χ1n) is 5.05. The minimum atomic E-state index is -0.764. The van der Waals surface area contributed by atoms with Crippen molar-refractivity contribution in [2.24, 2.45) is 0 Å². The molecule has 0 heterocycles. The number of aliphatic hydroxyl groups is 1. The zero-order valence-corrected chi connectivity index (χ0v) is 10.0. The zero-order chi connectivity index (χ0) is 12.4. The van der Waals surface area contributed by atoms with Gasteiger partial charge in [0.15, 0.2) is 6.79 Å². The van der Waals surface area contributed by atoms with E-state index in [1.165, 1.54) is 7.11 Å². The summed E-state index contributed by atoms with van der Waals surface area (Å²) in [5, 5.41) is 8.60. The van der Waals surface area contributed by atoms with Crippen molar-refractivity contribution in [3.05, 3.63) is 0 Å². The lowest BCUT2D eigenvalue weighted by atomic mass is 10.1. The molecule has 0 bridgehead atoms. The van der Waals surface area contributed by atoms with E-state index in [4.69, 9.17) is 14.6 Å². The van der Waals surface area contributed by atoms with Crippen LogP contribution in [0.25, 0.3) is 0 Å². The van der Waals surface area contributed by atoms with E-state index in [0.717, 1.165) is 0 Å². The summed E-state index contributed by atoms with van der Waals surface area (Å²) in [6.07, 6.45) is -0.241. The van der Waals surface area contributed by atoms with Gasteiger partial charge in [-0.1, -0.05) is 0 Å². The van der Waals surface area contributed by atoms with E-state index in [1.807, 2.05) is 13.8 Å². The van der Waals surface area contributed by atoms with Crippen LogP contribution in [0.15, 0.2) is 0 Å². The van der Waals surface area contributed by atoms with E-state index in [9.17, 15) is 4.79 Å². The van der Waals surface area contributed by atoms with Gasteiger partial charge in [0.05, 0.1) is 25.4 Å². The van der Waals surface area contributed by atoms with Crippen LogP contribution in [0.5, 0.6) is 0 Å². The highest BCUT2D eigenvalue weighted by atomic mass is 16.8. The van der Waals surface area contributed by atoms with E-state index in [0.29, 0.717) is 6.42 Å². The van der Waals surface area contributed by atoms with Gasteiger partial charge in [-0.05, 0) is 13.8 Å². The number of rotatable bonds is 8. The molecular formula is C10H20O6. The van der Waals surface area contributed by atoms with Crippen LogP contribution in [0.3, 0.4) is 0 Å². The van der Waals surface area contributed by atoms with Crippen LogP contribution in [0, 0.1) is 0 Å². The molecule has 0 aromatic carbocycles. The fourth-order valence-corrected chi connectivity index (χ4v) is 0.923. The lowest BCUT2D eigenvalue weighted by Gasteiger charge is -2.24. The number of hydrogen-bond donors (Lipinski definition) is 1. The van der Waals surface area contributed by atoms with Crippen molar-refractivity contribution in [2.75, 3.05) is 33.7 Å². The highest BCUT2D eigenvalue weighted by Crippen LogP contribution is 2.14. The third-order valence-corrected chi connectivity index (χ3v) is 1.80. The SMILES string of the molecule is COCOC(=O)OCCC(C)(C)OCCO. The molecule has 0 fully saturated rings. The number of carbonyl (C=O) groups excluding carboxylic acids is 1. The van der Waals surface area contributed by atoms with Gasteiger partial charge in [0.1, 0.15) is 0 Å². The van der Waals surface area contributed by atoms with Crippen LogP contribution >= 0.6 is 0 Å². The highest BCUT2D eigenvalue weighted by molar-refractivity contribution is 5.59. The Kier molecular flexibility index (Phi) is 7.88. The van der Waals surface area contributed by atoms with Gasteiger partial charge in [0, 0.05) is 13.5 Å². The van der Waals surface area contributed by atoms with Crippen molar-refractivity contribution >= 4 is 6.16 Å². The third kappa shape index (κ3) is 8.46. The minimum absolute atomic E-state index is 0.0276. The van der Waals surface area contributed by atoms with Crippen molar-refractivity contribution in [2.45, 2.75) is 25.9 Å². The lowest BCUT2D eigenvalue weighted by Crippen LogP contribution is -2.28. The Morgan fingerprint density at radius 1 is 1.25 bits per heavy atom. The Balaban J connectivity index is 3.59. The van der Waals surface area contributed by atoms with Gasteiger partial charge in [-0.15, -0.1) is 0 Å². The molecule has 0 saturated heterocycles. The third-order valence-electron chi connectivity index (χ3n) is 1.80. The van der Waals surface area contributed by atoms with Crippen molar-refractivity contribution in [3.8, 4) is 0 Å². The molecule has 6 nitrogen and oxygen atoms in total. The fraction of sp³-hybridized carbons (Fsp3) is 0.900. The summed E-state index contributed by atoms with van der Waals surface area (Å²) in [7, 11) is 1.42. The van der Waals surface area contributed by atoms with E-state index in [-0.39, 0.29) is 26.6 Å². The Morgan fingerprint density at radius 2 is 1.94 bits per heavy atom. The van der Waals surface area contributed by atoms with Gasteiger partial charge in [-0.3, -0.25) is 0 Å². The summed E-state index contributed by atoms with van der Waals surface area (Å²) in [6, 6.07) is 0. The first-order chi connectivity index (χ1) is 7.52. The number of aliphatic hydroxyl groups excluding tert-OH is 1. The number of carbonyl (C=O) groups is 1. The molecule has 0 atom stereocenters. The predicted octanol–water partition coefficient (Wildman–Crippen LogP) is 0.921. The Labute approximate surface area is 95.4 Å². The summed E-state index contributed by atoms with van der Waals surface area (Å²) < 4.78 is 19.2. The average molecular weight is 236 g/mol. The molecule has 0 aliphatic carbocycles. The Bertz CT molecular complexity index is 192. The first-order valence-corrected chi connectivity index (χ1v) is 5.05. The van der Waals surface area contributed by atoms with E-state index in [1.54, 1.807) is 0 Å². The maximum atomic E-state index is 10.9. The monoisotopic (exact) mass is 236 g/mol. The van der Waals surface area contributed by atoms with Gasteiger partial charge in [0.2, 0.25) is 0 Å². The molecule has 16 heavy (non-hydrogen) atoms. The summed E-state index contributed by atoms with van der Waals surface area (Å²) >= 11 is 0. The molecule has 0 radical (unpaired) electrons. The second-order valence-corrected chi connectivity index (χ2v) is 3.73.